The Bertz CT molecular complexity index is 781. The number of rotatable bonds is 2. The fraction of sp³-hybridized carbons (Fsp3) is 0.471. The molecule has 1 aliphatic heterocycles. The van der Waals surface area contributed by atoms with Gasteiger partial charge in [0.1, 0.15) is 5.82 Å². The van der Waals surface area contributed by atoms with Gasteiger partial charge in [-0.05, 0) is 31.9 Å². The van der Waals surface area contributed by atoms with Gasteiger partial charge in [0.15, 0.2) is 5.43 Å². The number of nitrogens with zero attached hydrogens (tertiary/aromatic N) is 2. The molecular weight excluding hydrogens is 281 g/mol. The van der Waals surface area contributed by atoms with E-state index in [-0.39, 0.29) is 17.3 Å². The molecule has 4 nitrogen and oxygen atoms in total. The van der Waals surface area contributed by atoms with Crippen LogP contribution in [0.4, 0.5) is 10.1 Å². The maximum Gasteiger partial charge on any atom is 0.189 e. The van der Waals surface area contributed by atoms with E-state index < -0.39 is 0 Å². The second-order valence-electron chi connectivity index (χ2n) is 6.39. The lowest BCUT2D eigenvalue weighted by atomic mass is 10.1. The van der Waals surface area contributed by atoms with Gasteiger partial charge in [-0.2, -0.15) is 0 Å². The zero-order chi connectivity index (χ0) is 15.3. The van der Waals surface area contributed by atoms with E-state index in [0.29, 0.717) is 17.1 Å². The monoisotopic (exact) mass is 301 g/mol. The molecule has 1 aliphatic carbocycles. The first-order valence-electron chi connectivity index (χ1n) is 7.97. The van der Waals surface area contributed by atoms with Crippen molar-refractivity contribution in [3.05, 3.63) is 40.4 Å². The summed E-state index contributed by atoms with van der Waals surface area (Å²) in [5, 5.41) is 3.80. The molecular formula is C17H20FN3O. The summed E-state index contributed by atoms with van der Waals surface area (Å²) in [5.74, 6) is -0.299. The Morgan fingerprint density at radius 2 is 2.14 bits per heavy atom. The van der Waals surface area contributed by atoms with Crippen molar-refractivity contribution < 1.29 is 4.39 Å². The largest absolute Gasteiger partial charge is 0.364 e. The molecule has 116 valence electrons. The van der Waals surface area contributed by atoms with Crippen LogP contribution in [0.15, 0.2) is 29.2 Å². The Kier molecular flexibility index (Phi) is 3.18. The van der Waals surface area contributed by atoms with Gasteiger partial charge in [0, 0.05) is 49.4 Å². The highest BCUT2D eigenvalue weighted by Gasteiger charge is 2.26. The third kappa shape index (κ3) is 2.20. The lowest BCUT2D eigenvalue weighted by molar-refractivity contribution is 0.491. The molecule has 1 atom stereocenters. The number of halogens is 1. The Morgan fingerprint density at radius 3 is 2.86 bits per heavy atom. The van der Waals surface area contributed by atoms with Crippen LogP contribution in [0, 0.1) is 5.82 Å². The normalized spacial score (nSPS) is 22.3. The molecule has 2 aliphatic rings. The number of hydrogen-bond acceptors (Lipinski definition) is 3. The number of anilines is 1. The second-order valence-corrected chi connectivity index (χ2v) is 6.39. The molecule has 1 N–H and O–H groups in total. The molecule has 0 radical (unpaired) electrons. The summed E-state index contributed by atoms with van der Waals surface area (Å²) in [4.78, 5) is 14.2. The Hall–Kier alpha value is -1.88. The summed E-state index contributed by atoms with van der Waals surface area (Å²) in [6, 6.07) is 5.53. The predicted octanol–water partition coefficient (Wildman–Crippen LogP) is 2.27. The Morgan fingerprint density at radius 1 is 1.32 bits per heavy atom. The van der Waals surface area contributed by atoms with Crippen LogP contribution in [0.1, 0.15) is 25.8 Å². The zero-order valence-electron chi connectivity index (χ0n) is 12.7. The molecule has 2 heterocycles. The lowest BCUT2D eigenvalue weighted by Gasteiger charge is -2.36. The van der Waals surface area contributed by atoms with E-state index in [1.54, 1.807) is 6.07 Å². The van der Waals surface area contributed by atoms with Crippen LogP contribution >= 0.6 is 0 Å². The van der Waals surface area contributed by atoms with Gasteiger partial charge in [0.25, 0.3) is 0 Å². The quantitative estimate of drug-likeness (QED) is 0.924. The van der Waals surface area contributed by atoms with Crippen LogP contribution in [-0.4, -0.2) is 30.2 Å². The molecule has 1 saturated heterocycles. The summed E-state index contributed by atoms with van der Waals surface area (Å²) < 4.78 is 16.7. The van der Waals surface area contributed by atoms with Crippen LogP contribution in [0.25, 0.3) is 10.9 Å². The zero-order valence-corrected chi connectivity index (χ0v) is 12.7. The van der Waals surface area contributed by atoms with E-state index in [1.807, 2.05) is 12.3 Å². The van der Waals surface area contributed by atoms with E-state index in [1.165, 1.54) is 6.07 Å². The van der Waals surface area contributed by atoms with Crippen LogP contribution < -0.4 is 15.6 Å². The average molecular weight is 301 g/mol. The fourth-order valence-electron chi connectivity index (χ4n) is 3.37. The first kappa shape index (κ1) is 13.8. The molecule has 1 saturated carbocycles. The topological polar surface area (TPSA) is 37.3 Å². The van der Waals surface area contributed by atoms with Crippen molar-refractivity contribution in [1.82, 2.24) is 9.88 Å². The highest BCUT2D eigenvalue weighted by atomic mass is 19.1. The summed E-state index contributed by atoms with van der Waals surface area (Å²) in [7, 11) is 0. The molecule has 5 heteroatoms. The van der Waals surface area contributed by atoms with Gasteiger partial charge < -0.3 is 14.8 Å². The standard InChI is InChI=1S/C17H20FN3O/c1-11-10-19-5-7-20(11)16-9-15-13(8-14(16)18)17(22)4-6-21(15)12-2-3-12/h4,6,8-9,11-12,19H,2-3,5,7,10H2,1H3. The Labute approximate surface area is 128 Å². The number of piperazine rings is 1. The average Bonchev–Trinajstić information content (AvgIpc) is 3.33. The molecule has 2 aromatic rings. The van der Waals surface area contributed by atoms with E-state index in [0.717, 1.165) is 38.0 Å². The number of pyridine rings is 1. The summed E-state index contributed by atoms with van der Waals surface area (Å²) in [6.45, 7) is 4.58. The third-order valence-corrected chi connectivity index (χ3v) is 4.75. The highest BCUT2D eigenvalue weighted by Crippen LogP contribution is 2.37. The number of benzene rings is 1. The minimum Gasteiger partial charge on any atom is -0.364 e. The molecule has 22 heavy (non-hydrogen) atoms. The number of aromatic nitrogens is 1. The van der Waals surface area contributed by atoms with Crippen LogP contribution in [0.2, 0.25) is 0 Å². The first-order valence-corrected chi connectivity index (χ1v) is 7.97. The summed E-state index contributed by atoms with van der Waals surface area (Å²) in [5.41, 5.74) is 1.37. The van der Waals surface area contributed by atoms with Gasteiger partial charge in [-0.1, -0.05) is 0 Å². The van der Waals surface area contributed by atoms with Crippen LogP contribution in [0.3, 0.4) is 0 Å². The summed E-state index contributed by atoms with van der Waals surface area (Å²) in [6.07, 6.45) is 4.12. The van der Waals surface area contributed by atoms with E-state index in [2.05, 4.69) is 21.7 Å². The van der Waals surface area contributed by atoms with Crippen molar-refractivity contribution in [3.63, 3.8) is 0 Å². The minimum absolute atomic E-state index is 0.106. The second kappa shape index (κ2) is 5.09. The van der Waals surface area contributed by atoms with Crippen molar-refractivity contribution in [2.75, 3.05) is 24.5 Å². The van der Waals surface area contributed by atoms with Gasteiger partial charge in [0.05, 0.1) is 11.2 Å². The fourth-order valence-corrected chi connectivity index (χ4v) is 3.37. The van der Waals surface area contributed by atoms with Gasteiger partial charge in [0.2, 0.25) is 0 Å². The third-order valence-electron chi connectivity index (χ3n) is 4.75. The van der Waals surface area contributed by atoms with Crippen LogP contribution in [0.5, 0.6) is 0 Å². The van der Waals surface area contributed by atoms with E-state index in [4.69, 9.17) is 0 Å². The minimum atomic E-state index is -0.299. The Balaban J connectivity index is 1.90. The predicted molar refractivity (Wildman–Crippen MR) is 86.1 cm³/mol. The molecule has 1 unspecified atom stereocenters. The van der Waals surface area contributed by atoms with Gasteiger partial charge in [-0.15, -0.1) is 0 Å². The number of nitrogens with one attached hydrogen (secondary N) is 1. The van der Waals surface area contributed by atoms with Gasteiger partial charge in [-0.25, -0.2) is 4.39 Å². The van der Waals surface area contributed by atoms with Crippen molar-refractivity contribution in [2.24, 2.45) is 0 Å². The number of fused-ring (bicyclic) bond motifs is 1. The number of hydrogen-bond donors (Lipinski definition) is 1. The molecule has 0 amide bonds. The lowest BCUT2D eigenvalue weighted by Crippen LogP contribution is -2.50. The molecule has 4 rings (SSSR count). The van der Waals surface area contributed by atoms with E-state index >= 15 is 0 Å². The van der Waals surface area contributed by atoms with Crippen LogP contribution in [-0.2, 0) is 0 Å². The van der Waals surface area contributed by atoms with Crippen molar-refractivity contribution in [1.29, 1.82) is 0 Å². The molecule has 2 fully saturated rings. The molecule has 1 aromatic carbocycles. The van der Waals surface area contributed by atoms with Crippen molar-refractivity contribution in [2.45, 2.75) is 31.8 Å². The maximum atomic E-state index is 14.6. The van der Waals surface area contributed by atoms with Gasteiger partial charge in [-0.3, -0.25) is 4.79 Å². The molecule has 1 aromatic heterocycles. The smallest absolute Gasteiger partial charge is 0.189 e. The van der Waals surface area contributed by atoms with Crippen molar-refractivity contribution >= 4 is 16.6 Å². The summed E-state index contributed by atoms with van der Waals surface area (Å²) >= 11 is 0. The van der Waals surface area contributed by atoms with Gasteiger partial charge >= 0.3 is 0 Å². The SMILES string of the molecule is CC1CNCCN1c1cc2c(cc1F)c(=O)ccn2C1CC1. The maximum absolute atomic E-state index is 14.6. The van der Waals surface area contributed by atoms with E-state index in [9.17, 15) is 9.18 Å². The molecule has 0 spiro atoms. The first-order chi connectivity index (χ1) is 10.6. The molecule has 0 bridgehead atoms. The van der Waals surface area contributed by atoms with Crippen molar-refractivity contribution in [3.8, 4) is 0 Å². The highest BCUT2D eigenvalue weighted by molar-refractivity contribution is 5.83.